The highest BCUT2D eigenvalue weighted by atomic mass is 16.2. The van der Waals surface area contributed by atoms with Crippen molar-refractivity contribution in [2.45, 2.75) is 46.1 Å². The molecule has 2 aromatic heterocycles. The van der Waals surface area contributed by atoms with Gasteiger partial charge in [-0.05, 0) is 27.2 Å². The number of hydrogen-bond donors (Lipinski definition) is 0. The standard InChI is InChI=1S/C18H25N5O2/c1-12(23-10-7-19-13(23)2)11-17(24)22-8-5-15-16(6-9-22)20-14(3)21(4)18(15)25/h7,10,12H,5-6,8-9,11H2,1-4H3. The second kappa shape index (κ2) is 6.82. The molecular weight excluding hydrogens is 318 g/mol. The zero-order chi connectivity index (χ0) is 18.1. The van der Waals surface area contributed by atoms with Gasteiger partial charge in [-0.3, -0.25) is 14.2 Å². The molecule has 1 aliphatic rings. The van der Waals surface area contributed by atoms with Gasteiger partial charge in [0, 0.05) is 57.0 Å². The highest BCUT2D eigenvalue weighted by Gasteiger charge is 2.23. The summed E-state index contributed by atoms with van der Waals surface area (Å²) in [5.74, 6) is 1.74. The van der Waals surface area contributed by atoms with E-state index in [1.807, 2.05) is 36.4 Å². The summed E-state index contributed by atoms with van der Waals surface area (Å²) >= 11 is 0. The Morgan fingerprint density at radius 3 is 2.64 bits per heavy atom. The Labute approximate surface area is 147 Å². The Bertz CT molecular complexity index is 852. The van der Waals surface area contributed by atoms with Crippen molar-refractivity contribution >= 4 is 5.91 Å². The van der Waals surface area contributed by atoms with E-state index >= 15 is 0 Å². The molecule has 7 heteroatoms. The van der Waals surface area contributed by atoms with Gasteiger partial charge in [-0.2, -0.15) is 0 Å². The van der Waals surface area contributed by atoms with Gasteiger partial charge < -0.3 is 9.47 Å². The van der Waals surface area contributed by atoms with Crippen LogP contribution in [0.5, 0.6) is 0 Å². The van der Waals surface area contributed by atoms with Crippen LogP contribution in [0.4, 0.5) is 0 Å². The highest BCUT2D eigenvalue weighted by molar-refractivity contribution is 5.76. The minimum absolute atomic E-state index is 0.0132. The molecule has 0 radical (unpaired) electrons. The van der Waals surface area contributed by atoms with E-state index in [0.29, 0.717) is 38.2 Å². The first-order valence-electron chi connectivity index (χ1n) is 8.71. The lowest BCUT2D eigenvalue weighted by molar-refractivity contribution is -0.131. The molecule has 0 aliphatic carbocycles. The molecule has 7 nitrogen and oxygen atoms in total. The number of fused-ring (bicyclic) bond motifs is 1. The van der Waals surface area contributed by atoms with Gasteiger partial charge in [-0.15, -0.1) is 0 Å². The predicted octanol–water partition coefficient (Wildman–Crippen LogP) is 1.17. The van der Waals surface area contributed by atoms with Gasteiger partial charge in [0.15, 0.2) is 0 Å². The summed E-state index contributed by atoms with van der Waals surface area (Å²) in [6, 6.07) is 0.0638. The maximum absolute atomic E-state index is 12.7. The number of rotatable bonds is 3. The van der Waals surface area contributed by atoms with Crippen LogP contribution in [0, 0.1) is 13.8 Å². The van der Waals surface area contributed by atoms with Gasteiger partial charge >= 0.3 is 0 Å². The van der Waals surface area contributed by atoms with Crippen molar-refractivity contribution in [1.29, 1.82) is 0 Å². The van der Waals surface area contributed by atoms with Crippen LogP contribution in [-0.4, -0.2) is 43.0 Å². The molecule has 0 saturated carbocycles. The van der Waals surface area contributed by atoms with E-state index < -0.39 is 0 Å². The van der Waals surface area contributed by atoms with Crippen LogP contribution >= 0.6 is 0 Å². The average Bonchev–Trinajstić information content (AvgIpc) is 2.88. The first-order valence-corrected chi connectivity index (χ1v) is 8.71. The summed E-state index contributed by atoms with van der Waals surface area (Å²) in [5.41, 5.74) is 1.61. The minimum Gasteiger partial charge on any atom is -0.342 e. The molecule has 0 N–H and O–H groups in total. The number of aryl methyl sites for hydroxylation is 2. The Morgan fingerprint density at radius 2 is 1.96 bits per heavy atom. The van der Waals surface area contributed by atoms with E-state index in [1.54, 1.807) is 17.8 Å². The topological polar surface area (TPSA) is 73.0 Å². The van der Waals surface area contributed by atoms with Crippen molar-refractivity contribution in [2.24, 2.45) is 7.05 Å². The molecule has 1 amide bonds. The van der Waals surface area contributed by atoms with E-state index in [1.165, 1.54) is 0 Å². The van der Waals surface area contributed by atoms with E-state index in [9.17, 15) is 9.59 Å². The SMILES string of the molecule is Cc1nccn1C(C)CC(=O)N1CCc2nc(C)n(C)c(=O)c2CC1. The Kier molecular flexibility index (Phi) is 4.74. The van der Waals surface area contributed by atoms with Crippen LogP contribution in [0.25, 0.3) is 0 Å². The fraction of sp³-hybridized carbons (Fsp3) is 0.556. The largest absolute Gasteiger partial charge is 0.342 e. The first kappa shape index (κ1) is 17.4. The third-order valence-corrected chi connectivity index (χ3v) is 5.10. The molecule has 3 rings (SSSR count). The summed E-state index contributed by atoms with van der Waals surface area (Å²) in [7, 11) is 1.74. The van der Waals surface area contributed by atoms with Crippen LogP contribution in [0.3, 0.4) is 0 Å². The second-order valence-corrected chi connectivity index (χ2v) is 6.76. The lowest BCUT2D eigenvalue weighted by Crippen LogP contribution is -2.34. The second-order valence-electron chi connectivity index (χ2n) is 6.76. The molecule has 1 unspecified atom stereocenters. The van der Waals surface area contributed by atoms with E-state index in [0.717, 1.165) is 17.1 Å². The van der Waals surface area contributed by atoms with Crippen LogP contribution in [0.1, 0.15) is 42.3 Å². The quantitative estimate of drug-likeness (QED) is 0.839. The molecule has 0 saturated heterocycles. The summed E-state index contributed by atoms with van der Waals surface area (Å²) in [4.78, 5) is 35.8. The fourth-order valence-electron chi connectivity index (χ4n) is 3.45. The molecule has 2 aromatic rings. The highest BCUT2D eigenvalue weighted by Crippen LogP contribution is 2.17. The zero-order valence-electron chi connectivity index (χ0n) is 15.3. The summed E-state index contributed by atoms with van der Waals surface area (Å²) in [6.45, 7) is 6.99. The van der Waals surface area contributed by atoms with Gasteiger partial charge in [0.25, 0.3) is 5.56 Å². The number of carbonyl (C=O) groups is 1. The molecule has 25 heavy (non-hydrogen) atoms. The number of hydrogen-bond acceptors (Lipinski definition) is 4. The molecule has 0 bridgehead atoms. The number of nitrogens with zero attached hydrogens (tertiary/aromatic N) is 5. The molecule has 1 aliphatic heterocycles. The Hall–Kier alpha value is -2.44. The molecule has 1 atom stereocenters. The third-order valence-electron chi connectivity index (χ3n) is 5.10. The monoisotopic (exact) mass is 343 g/mol. The molecule has 134 valence electrons. The van der Waals surface area contributed by atoms with Crippen molar-refractivity contribution in [1.82, 2.24) is 24.0 Å². The van der Waals surface area contributed by atoms with Gasteiger partial charge in [0.1, 0.15) is 11.6 Å². The summed E-state index contributed by atoms with van der Waals surface area (Å²) in [5, 5.41) is 0. The van der Waals surface area contributed by atoms with E-state index in [-0.39, 0.29) is 17.5 Å². The first-order chi connectivity index (χ1) is 11.9. The minimum atomic E-state index is 0.0132. The molecule has 0 spiro atoms. The molecular formula is C18H25N5O2. The Morgan fingerprint density at radius 1 is 1.24 bits per heavy atom. The van der Waals surface area contributed by atoms with Crippen molar-refractivity contribution in [3.05, 3.63) is 45.7 Å². The normalized spacial score (nSPS) is 15.6. The van der Waals surface area contributed by atoms with Gasteiger partial charge in [0.2, 0.25) is 5.91 Å². The van der Waals surface area contributed by atoms with Crippen LogP contribution in [-0.2, 0) is 24.7 Å². The van der Waals surface area contributed by atoms with Crippen LogP contribution in [0.2, 0.25) is 0 Å². The fourth-order valence-corrected chi connectivity index (χ4v) is 3.45. The Balaban J connectivity index is 1.71. The lowest BCUT2D eigenvalue weighted by Gasteiger charge is -2.23. The van der Waals surface area contributed by atoms with E-state index in [4.69, 9.17) is 0 Å². The molecule has 0 aromatic carbocycles. The summed E-state index contributed by atoms with van der Waals surface area (Å²) < 4.78 is 3.60. The van der Waals surface area contributed by atoms with Gasteiger partial charge in [-0.25, -0.2) is 9.97 Å². The van der Waals surface area contributed by atoms with E-state index in [2.05, 4.69) is 9.97 Å². The average molecular weight is 343 g/mol. The maximum atomic E-state index is 12.7. The summed E-state index contributed by atoms with van der Waals surface area (Å²) in [6.07, 6.45) is 5.29. The number of amides is 1. The van der Waals surface area contributed by atoms with Crippen LogP contribution in [0.15, 0.2) is 17.2 Å². The number of carbonyl (C=O) groups excluding carboxylic acids is 1. The maximum Gasteiger partial charge on any atom is 0.256 e. The van der Waals surface area contributed by atoms with Gasteiger partial charge in [-0.1, -0.05) is 0 Å². The van der Waals surface area contributed by atoms with Gasteiger partial charge in [0.05, 0.1) is 5.69 Å². The number of aromatic nitrogens is 4. The number of imidazole rings is 1. The van der Waals surface area contributed by atoms with Crippen molar-refractivity contribution in [3.8, 4) is 0 Å². The molecule has 0 fully saturated rings. The van der Waals surface area contributed by atoms with Crippen molar-refractivity contribution in [2.75, 3.05) is 13.1 Å². The lowest BCUT2D eigenvalue weighted by atomic mass is 10.1. The van der Waals surface area contributed by atoms with Crippen molar-refractivity contribution in [3.63, 3.8) is 0 Å². The third kappa shape index (κ3) is 3.36. The van der Waals surface area contributed by atoms with Crippen LogP contribution < -0.4 is 5.56 Å². The smallest absolute Gasteiger partial charge is 0.256 e. The predicted molar refractivity (Wildman–Crippen MR) is 94.5 cm³/mol. The van der Waals surface area contributed by atoms with Crippen molar-refractivity contribution < 1.29 is 4.79 Å². The zero-order valence-corrected chi connectivity index (χ0v) is 15.3. The molecule has 3 heterocycles.